The van der Waals surface area contributed by atoms with Gasteiger partial charge in [0.05, 0.1) is 12.1 Å². The molecule has 0 spiro atoms. The molecule has 1 fully saturated rings. The minimum absolute atomic E-state index is 0.0424. The van der Waals surface area contributed by atoms with E-state index in [0.717, 1.165) is 25.9 Å². The van der Waals surface area contributed by atoms with E-state index in [2.05, 4.69) is 15.3 Å². The Hall–Kier alpha value is -1.57. The monoisotopic (exact) mass is 275 g/mol. The predicted molar refractivity (Wildman–Crippen MR) is 65.5 cm³/mol. The highest BCUT2D eigenvalue weighted by Gasteiger charge is 2.33. The van der Waals surface area contributed by atoms with Gasteiger partial charge in [0.15, 0.2) is 0 Å². The summed E-state index contributed by atoms with van der Waals surface area (Å²) in [5.41, 5.74) is 11.5. The third-order valence-corrected chi connectivity index (χ3v) is 3.19. The van der Waals surface area contributed by atoms with Crippen LogP contribution in [0.2, 0.25) is 0 Å². The van der Waals surface area contributed by atoms with Crippen LogP contribution in [0.5, 0.6) is 0 Å². The summed E-state index contributed by atoms with van der Waals surface area (Å²) in [6.45, 7) is 1.50. The predicted octanol–water partition coefficient (Wildman–Crippen LogP) is 1.21. The minimum atomic E-state index is -4.34. The number of nitrogen functional groups attached to an aromatic ring is 2. The first-order valence-corrected chi connectivity index (χ1v) is 6.06. The molecule has 19 heavy (non-hydrogen) atoms. The number of nitrogens with two attached hydrogens (primary N) is 2. The largest absolute Gasteiger partial charge is 0.394 e. The topological polar surface area (TPSA) is 89.8 Å². The Morgan fingerprint density at radius 3 is 2.37 bits per heavy atom. The molecule has 0 atom stereocenters. The summed E-state index contributed by atoms with van der Waals surface area (Å²) in [6, 6.07) is 0. The summed E-state index contributed by atoms with van der Waals surface area (Å²) in [7, 11) is 0. The number of piperidine rings is 1. The summed E-state index contributed by atoms with van der Waals surface area (Å²) in [4.78, 5) is 7.54. The van der Waals surface area contributed by atoms with Crippen LogP contribution in [0.15, 0.2) is 0 Å². The van der Waals surface area contributed by atoms with Gasteiger partial charge < -0.3 is 16.8 Å². The number of anilines is 2. The van der Waals surface area contributed by atoms with E-state index in [4.69, 9.17) is 11.5 Å². The molecule has 2 heterocycles. The van der Waals surface area contributed by atoms with Crippen LogP contribution in [0.3, 0.4) is 0 Å². The molecule has 0 saturated carbocycles. The van der Waals surface area contributed by atoms with Gasteiger partial charge in [-0.25, -0.2) is 4.98 Å². The van der Waals surface area contributed by atoms with E-state index >= 15 is 0 Å². The van der Waals surface area contributed by atoms with Crippen molar-refractivity contribution in [3.05, 3.63) is 11.3 Å². The zero-order valence-electron chi connectivity index (χ0n) is 10.3. The number of alkyl halides is 3. The smallest absolute Gasteiger partial charge is 0.383 e. The maximum absolute atomic E-state index is 12.6. The minimum Gasteiger partial charge on any atom is -0.383 e. The first-order chi connectivity index (χ1) is 8.87. The van der Waals surface area contributed by atoms with Gasteiger partial charge >= 0.3 is 6.18 Å². The van der Waals surface area contributed by atoms with E-state index < -0.39 is 12.6 Å². The summed E-state index contributed by atoms with van der Waals surface area (Å²) in [6.07, 6.45) is -4.01. The number of rotatable bonds is 2. The number of nitrogens with zero attached hydrogens (tertiary/aromatic N) is 2. The summed E-state index contributed by atoms with van der Waals surface area (Å²) >= 11 is 0. The molecule has 5 nitrogen and oxygen atoms in total. The van der Waals surface area contributed by atoms with Gasteiger partial charge in [0.2, 0.25) is 5.95 Å². The Morgan fingerprint density at radius 2 is 1.79 bits per heavy atom. The van der Waals surface area contributed by atoms with Crippen molar-refractivity contribution in [2.24, 2.45) is 0 Å². The zero-order chi connectivity index (χ0) is 14.0. The third-order valence-electron chi connectivity index (χ3n) is 3.19. The quantitative estimate of drug-likeness (QED) is 0.755. The summed E-state index contributed by atoms with van der Waals surface area (Å²) in [5.74, 6) is -0.188. The molecule has 1 aromatic heterocycles. The van der Waals surface area contributed by atoms with Gasteiger partial charge in [-0.3, -0.25) is 0 Å². The molecule has 1 aromatic rings. The van der Waals surface area contributed by atoms with Gasteiger partial charge in [-0.05, 0) is 31.8 Å². The molecule has 106 valence electrons. The average molecular weight is 275 g/mol. The molecule has 0 unspecified atom stereocenters. The lowest BCUT2D eigenvalue weighted by Gasteiger charge is -2.25. The van der Waals surface area contributed by atoms with Crippen LogP contribution in [0.1, 0.15) is 30.0 Å². The van der Waals surface area contributed by atoms with Gasteiger partial charge in [0, 0.05) is 5.56 Å². The molecular weight excluding hydrogens is 259 g/mol. The normalized spacial score (nSPS) is 17.6. The highest BCUT2D eigenvalue weighted by atomic mass is 19.4. The fourth-order valence-electron chi connectivity index (χ4n) is 2.43. The molecule has 0 bridgehead atoms. The van der Waals surface area contributed by atoms with Crippen LogP contribution in [0.25, 0.3) is 0 Å². The van der Waals surface area contributed by atoms with Crippen LogP contribution >= 0.6 is 0 Å². The van der Waals surface area contributed by atoms with E-state index in [1.807, 2.05) is 0 Å². The fraction of sp³-hybridized carbons (Fsp3) is 0.636. The van der Waals surface area contributed by atoms with Crippen molar-refractivity contribution in [2.75, 3.05) is 24.6 Å². The van der Waals surface area contributed by atoms with Crippen LogP contribution in [0, 0.1) is 0 Å². The molecule has 0 aliphatic carbocycles. The van der Waals surface area contributed by atoms with Gasteiger partial charge in [-0.2, -0.15) is 18.2 Å². The number of nitrogens with one attached hydrogen (secondary N) is 1. The zero-order valence-corrected chi connectivity index (χ0v) is 10.3. The van der Waals surface area contributed by atoms with Crippen LogP contribution in [-0.4, -0.2) is 29.2 Å². The van der Waals surface area contributed by atoms with Gasteiger partial charge in [0.1, 0.15) is 5.82 Å². The molecular formula is C11H16F3N5. The molecule has 1 saturated heterocycles. The van der Waals surface area contributed by atoms with Crippen molar-refractivity contribution >= 4 is 11.8 Å². The number of halogens is 3. The molecule has 2 rings (SSSR count). The molecule has 1 aliphatic rings. The fourth-order valence-corrected chi connectivity index (χ4v) is 2.43. The SMILES string of the molecule is Nc1nc(N)c(C2CCNCC2)c(CC(F)(F)F)n1. The van der Waals surface area contributed by atoms with E-state index in [-0.39, 0.29) is 23.4 Å². The number of aromatic nitrogens is 2. The van der Waals surface area contributed by atoms with Crippen molar-refractivity contribution in [1.82, 2.24) is 15.3 Å². The second-order valence-electron chi connectivity index (χ2n) is 4.64. The average Bonchev–Trinajstić information content (AvgIpc) is 2.27. The van der Waals surface area contributed by atoms with Crippen molar-refractivity contribution in [3.63, 3.8) is 0 Å². The van der Waals surface area contributed by atoms with E-state index in [9.17, 15) is 13.2 Å². The Kier molecular flexibility index (Phi) is 3.79. The highest BCUT2D eigenvalue weighted by molar-refractivity contribution is 5.48. The lowest BCUT2D eigenvalue weighted by Crippen LogP contribution is -2.29. The van der Waals surface area contributed by atoms with Crippen molar-refractivity contribution in [3.8, 4) is 0 Å². The van der Waals surface area contributed by atoms with E-state index in [1.54, 1.807) is 0 Å². The first-order valence-electron chi connectivity index (χ1n) is 6.06. The maximum atomic E-state index is 12.6. The Balaban J connectivity index is 2.38. The molecule has 0 amide bonds. The molecule has 5 N–H and O–H groups in total. The van der Waals surface area contributed by atoms with Crippen LogP contribution in [0.4, 0.5) is 24.9 Å². The van der Waals surface area contributed by atoms with Gasteiger partial charge in [-0.1, -0.05) is 0 Å². The highest BCUT2D eigenvalue weighted by Crippen LogP contribution is 2.34. The van der Waals surface area contributed by atoms with Crippen molar-refractivity contribution in [1.29, 1.82) is 0 Å². The third kappa shape index (κ3) is 3.46. The van der Waals surface area contributed by atoms with E-state index in [0.29, 0.717) is 5.56 Å². The van der Waals surface area contributed by atoms with Crippen LogP contribution < -0.4 is 16.8 Å². The molecule has 0 radical (unpaired) electrons. The summed E-state index contributed by atoms with van der Waals surface area (Å²) < 4.78 is 37.8. The second-order valence-corrected chi connectivity index (χ2v) is 4.64. The molecule has 0 aromatic carbocycles. The summed E-state index contributed by atoms with van der Waals surface area (Å²) in [5, 5.41) is 3.15. The number of hydrogen-bond acceptors (Lipinski definition) is 5. The second kappa shape index (κ2) is 5.20. The standard InChI is InChI=1S/C11H16F3N5/c12-11(13,14)5-7-8(6-1-3-17-4-2-6)9(15)19-10(16)18-7/h6,17H,1-5H2,(H4,15,16,18,19). The van der Waals surface area contributed by atoms with E-state index in [1.165, 1.54) is 0 Å². The van der Waals surface area contributed by atoms with Crippen molar-refractivity contribution < 1.29 is 13.2 Å². The maximum Gasteiger partial charge on any atom is 0.394 e. The van der Waals surface area contributed by atoms with Crippen LogP contribution in [-0.2, 0) is 6.42 Å². The Labute approximate surface area is 108 Å². The van der Waals surface area contributed by atoms with Gasteiger partial charge in [0.25, 0.3) is 0 Å². The first kappa shape index (κ1) is 13.9. The number of hydrogen-bond donors (Lipinski definition) is 3. The molecule has 8 heteroatoms. The van der Waals surface area contributed by atoms with Gasteiger partial charge in [-0.15, -0.1) is 0 Å². The lowest BCUT2D eigenvalue weighted by molar-refractivity contribution is -0.128. The lowest BCUT2D eigenvalue weighted by atomic mass is 9.88. The Bertz CT molecular complexity index is 454. The molecule has 1 aliphatic heterocycles. The Morgan fingerprint density at radius 1 is 1.16 bits per heavy atom. The van der Waals surface area contributed by atoms with Crippen molar-refractivity contribution in [2.45, 2.75) is 31.4 Å².